The van der Waals surface area contributed by atoms with E-state index in [1.807, 2.05) is 18.2 Å². The van der Waals surface area contributed by atoms with Crippen LogP contribution in [0, 0.1) is 16.4 Å². The maximum absolute atomic E-state index is 14.5. The Labute approximate surface area is 180 Å². The third kappa shape index (κ3) is 2.66. The Morgan fingerprint density at radius 3 is 2.29 bits per heavy atom. The third-order valence-corrected chi connectivity index (χ3v) is 7.71. The zero-order valence-corrected chi connectivity index (χ0v) is 17.6. The van der Waals surface area contributed by atoms with E-state index < -0.39 is 17.0 Å². The minimum atomic E-state index is -0.827. The Morgan fingerprint density at radius 1 is 0.677 bits per heavy atom. The van der Waals surface area contributed by atoms with Gasteiger partial charge in [-0.25, -0.2) is 8.78 Å². The molecule has 0 spiro atoms. The molecule has 6 rings (SSSR count). The number of allylic oxidation sites excluding steroid dienone is 4. The fraction of sp³-hybridized carbons (Fsp3) is 0.0357. The summed E-state index contributed by atoms with van der Waals surface area (Å²) < 4.78 is 28.4. The van der Waals surface area contributed by atoms with Gasteiger partial charge in [0.2, 0.25) is 0 Å². The van der Waals surface area contributed by atoms with Gasteiger partial charge in [-0.2, -0.15) is 0 Å². The van der Waals surface area contributed by atoms with E-state index in [-0.39, 0.29) is 0 Å². The van der Waals surface area contributed by atoms with Crippen LogP contribution in [0.3, 0.4) is 0 Å². The van der Waals surface area contributed by atoms with Gasteiger partial charge in [0.15, 0.2) is 11.6 Å². The van der Waals surface area contributed by atoms with Crippen molar-refractivity contribution >= 4 is 25.5 Å². The molecule has 0 N–H and O–H groups in total. The van der Waals surface area contributed by atoms with Crippen molar-refractivity contribution < 1.29 is 8.78 Å². The van der Waals surface area contributed by atoms with Crippen molar-refractivity contribution in [1.29, 1.82) is 0 Å². The molecule has 3 heteroatoms. The lowest BCUT2D eigenvalue weighted by Crippen LogP contribution is -2.32. The minimum Gasteiger partial charge on any atom is -0.204 e. The Kier molecular flexibility index (Phi) is 4.02. The fourth-order valence-electron chi connectivity index (χ4n) is 4.91. The van der Waals surface area contributed by atoms with Gasteiger partial charge < -0.3 is 0 Å². The lowest BCUT2D eigenvalue weighted by molar-refractivity contribution is 0.506. The van der Waals surface area contributed by atoms with Crippen molar-refractivity contribution in [2.24, 2.45) is 0 Å². The third-order valence-electron chi connectivity index (χ3n) is 6.32. The van der Waals surface area contributed by atoms with E-state index in [1.165, 1.54) is 32.9 Å². The highest BCUT2D eigenvalue weighted by molar-refractivity contribution is 6.45. The molecule has 1 aliphatic heterocycles. The van der Waals surface area contributed by atoms with Crippen LogP contribution in [0.5, 0.6) is 0 Å². The minimum absolute atomic E-state index is 0.547. The maximum Gasteiger partial charge on any atom is 0.159 e. The molecule has 1 atom stereocenters. The van der Waals surface area contributed by atoms with E-state index in [4.69, 9.17) is 0 Å². The normalized spacial score (nSPS) is 19.0. The van der Waals surface area contributed by atoms with Crippen LogP contribution < -0.4 is 5.22 Å². The quantitative estimate of drug-likeness (QED) is 0.367. The predicted octanol–water partition coefficient (Wildman–Crippen LogP) is 5.68. The summed E-state index contributed by atoms with van der Waals surface area (Å²) in [6, 6.07) is 27.4. The fourth-order valence-corrected chi connectivity index (χ4v) is 6.36. The molecule has 2 aliphatic rings. The summed E-state index contributed by atoms with van der Waals surface area (Å²) in [6.07, 6.45) is 6.36. The second-order valence-corrected chi connectivity index (χ2v) is 9.31. The first-order valence-corrected chi connectivity index (χ1v) is 11.3. The molecule has 0 saturated carbocycles. The number of fused-ring (bicyclic) bond motifs is 3. The van der Waals surface area contributed by atoms with Crippen molar-refractivity contribution in [2.75, 3.05) is 0 Å². The molecule has 31 heavy (non-hydrogen) atoms. The highest BCUT2D eigenvalue weighted by Crippen LogP contribution is 2.47. The number of hydrogen-bond acceptors (Lipinski definition) is 0. The molecular weight excluding hydrogens is 402 g/mol. The van der Waals surface area contributed by atoms with E-state index in [0.29, 0.717) is 9.13 Å². The lowest BCUT2D eigenvalue weighted by Gasteiger charge is -2.37. The lowest BCUT2D eigenvalue weighted by atomic mass is 9.66. The molecule has 1 aliphatic carbocycles. The Morgan fingerprint density at radius 2 is 1.42 bits per heavy atom. The van der Waals surface area contributed by atoms with Gasteiger partial charge >= 0.3 is 0 Å². The predicted molar refractivity (Wildman–Crippen MR) is 122 cm³/mol. The summed E-state index contributed by atoms with van der Waals surface area (Å²) in [5.41, 5.74) is 2.27. The van der Waals surface area contributed by atoms with Gasteiger partial charge in [0, 0.05) is 0 Å². The van der Waals surface area contributed by atoms with E-state index >= 15 is 0 Å². The smallest absolute Gasteiger partial charge is 0.159 e. The van der Waals surface area contributed by atoms with E-state index in [0.717, 1.165) is 21.9 Å². The van der Waals surface area contributed by atoms with Gasteiger partial charge in [-0.05, 0) is 60.9 Å². The average Bonchev–Trinajstić information content (AvgIpc) is 3.20. The first kappa shape index (κ1) is 18.3. The SMILES string of the molecule is Fc1ccc(C2(c3ccc4ccccc4c3)C=CC=C3[Si]=c4ccccc4=C32)cc1F. The molecule has 0 saturated heterocycles. The molecule has 0 amide bonds. The van der Waals surface area contributed by atoms with Gasteiger partial charge in [0.05, 0.1) is 14.5 Å². The monoisotopic (exact) mass is 419 g/mol. The van der Waals surface area contributed by atoms with Crippen molar-refractivity contribution in [2.45, 2.75) is 5.41 Å². The summed E-state index contributed by atoms with van der Waals surface area (Å²) >= 11 is 0. The molecule has 0 bridgehead atoms. The number of hydrogen-bond donors (Lipinski definition) is 0. The Hall–Kier alpha value is -3.43. The molecule has 147 valence electrons. The zero-order chi connectivity index (χ0) is 21.0. The second kappa shape index (κ2) is 6.79. The van der Waals surface area contributed by atoms with Gasteiger partial charge in [-0.15, -0.1) is 0 Å². The zero-order valence-electron chi connectivity index (χ0n) is 16.6. The van der Waals surface area contributed by atoms with Crippen molar-refractivity contribution in [3.05, 3.63) is 141 Å². The summed E-state index contributed by atoms with van der Waals surface area (Å²) in [7, 11) is 0.547. The molecule has 0 aromatic heterocycles. The number of benzene rings is 4. The largest absolute Gasteiger partial charge is 0.204 e. The summed E-state index contributed by atoms with van der Waals surface area (Å²) in [5.74, 6) is -1.65. The summed E-state index contributed by atoms with van der Waals surface area (Å²) in [5, 5.41) is 4.72. The summed E-state index contributed by atoms with van der Waals surface area (Å²) in [6.45, 7) is 0. The molecule has 1 unspecified atom stereocenters. The van der Waals surface area contributed by atoms with Crippen LogP contribution in [0.15, 0.2) is 108 Å². The van der Waals surface area contributed by atoms with Crippen LogP contribution in [0.4, 0.5) is 8.78 Å². The van der Waals surface area contributed by atoms with E-state index in [1.54, 1.807) is 6.07 Å². The molecule has 4 aromatic carbocycles. The van der Waals surface area contributed by atoms with Gasteiger partial charge in [-0.3, -0.25) is 0 Å². The molecular formula is C28H17F2Si. The molecule has 0 fully saturated rings. The first-order chi connectivity index (χ1) is 15.2. The average molecular weight is 420 g/mol. The van der Waals surface area contributed by atoms with Crippen LogP contribution >= 0.6 is 0 Å². The molecule has 1 radical (unpaired) electrons. The molecule has 1 heterocycles. The highest BCUT2D eigenvalue weighted by atomic mass is 28.2. The topological polar surface area (TPSA) is 0 Å². The highest BCUT2D eigenvalue weighted by Gasteiger charge is 2.40. The number of rotatable bonds is 2. The van der Waals surface area contributed by atoms with Crippen LogP contribution in [-0.4, -0.2) is 9.13 Å². The van der Waals surface area contributed by atoms with Gasteiger partial charge in [-0.1, -0.05) is 85.0 Å². The van der Waals surface area contributed by atoms with Gasteiger partial charge in [0.25, 0.3) is 0 Å². The van der Waals surface area contributed by atoms with Gasteiger partial charge in [0.1, 0.15) is 0 Å². The Bertz CT molecular complexity index is 1560. The van der Waals surface area contributed by atoms with Crippen LogP contribution in [0.25, 0.3) is 16.3 Å². The van der Waals surface area contributed by atoms with E-state index in [2.05, 4.69) is 66.8 Å². The number of halogens is 2. The van der Waals surface area contributed by atoms with Crippen LogP contribution in [-0.2, 0) is 5.41 Å². The molecule has 4 aromatic rings. The van der Waals surface area contributed by atoms with Crippen molar-refractivity contribution in [3.8, 4) is 0 Å². The van der Waals surface area contributed by atoms with Crippen molar-refractivity contribution in [3.63, 3.8) is 0 Å². The Balaban J connectivity index is 1.76. The van der Waals surface area contributed by atoms with E-state index in [9.17, 15) is 8.78 Å². The van der Waals surface area contributed by atoms with Crippen LogP contribution in [0.2, 0.25) is 0 Å². The summed E-state index contributed by atoms with van der Waals surface area (Å²) in [4.78, 5) is 1.29. The standard InChI is InChI=1S/C28H17F2Si/c29-23-14-13-21(17-24(23)30)28(20-12-11-18-6-1-2-7-19(18)16-20)15-5-10-26-27(28)22-8-3-4-9-25(22)31-26/h1-17H. The van der Waals surface area contributed by atoms with Crippen molar-refractivity contribution in [1.82, 2.24) is 0 Å². The first-order valence-electron chi connectivity index (χ1n) is 10.3. The van der Waals surface area contributed by atoms with Crippen LogP contribution in [0.1, 0.15) is 11.1 Å². The molecule has 0 nitrogen and oxygen atoms in total. The second-order valence-electron chi connectivity index (χ2n) is 7.98. The maximum atomic E-state index is 14.5.